The first-order valence-electron chi connectivity index (χ1n) is 4.53. The van der Waals surface area contributed by atoms with Crippen LogP contribution in [0.3, 0.4) is 0 Å². The Morgan fingerprint density at radius 2 is 2.27 bits per heavy atom. The van der Waals surface area contributed by atoms with Crippen LogP contribution in [-0.2, 0) is 4.74 Å². The van der Waals surface area contributed by atoms with Crippen LogP contribution in [0.2, 0.25) is 0 Å². The Labute approximate surface area is 93.2 Å². The topological polar surface area (TPSA) is 52.3 Å². The fraction of sp³-hybridized carbons (Fsp3) is 0.364. The van der Waals surface area contributed by atoms with Crippen molar-refractivity contribution in [2.75, 3.05) is 12.8 Å². The van der Waals surface area contributed by atoms with Crippen LogP contribution in [0.4, 0.5) is 5.69 Å². The molecule has 1 aromatic heterocycles. The number of esters is 1. The van der Waals surface area contributed by atoms with Gasteiger partial charge in [0.1, 0.15) is 4.88 Å². The second-order valence-electron chi connectivity index (χ2n) is 3.31. The SMILES string of the molecule is COC(=O)c1sc(C#CC(C)C)cc1N. The molecule has 0 amide bonds. The molecule has 1 aromatic rings. The highest BCUT2D eigenvalue weighted by Crippen LogP contribution is 2.24. The number of nitrogen functional groups attached to an aromatic ring is 1. The maximum absolute atomic E-state index is 11.2. The zero-order valence-electron chi connectivity index (χ0n) is 8.96. The number of ether oxygens (including phenoxy) is 1. The van der Waals surface area contributed by atoms with Crippen molar-refractivity contribution in [2.24, 2.45) is 5.92 Å². The molecule has 1 rings (SSSR count). The molecule has 0 atom stereocenters. The number of anilines is 1. The molecule has 0 aliphatic heterocycles. The molecule has 2 N–H and O–H groups in total. The number of carbonyl (C=O) groups is 1. The molecule has 4 heteroatoms. The van der Waals surface area contributed by atoms with Gasteiger partial charge in [-0.1, -0.05) is 25.7 Å². The second-order valence-corrected chi connectivity index (χ2v) is 4.36. The van der Waals surface area contributed by atoms with E-state index in [0.717, 1.165) is 4.88 Å². The second kappa shape index (κ2) is 4.85. The van der Waals surface area contributed by atoms with Crippen molar-refractivity contribution >= 4 is 23.0 Å². The van der Waals surface area contributed by atoms with Gasteiger partial charge in [0.2, 0.25) is 0 Å². The smallest absolute Gasteiger partial charge is 0.350 e. The van der Waals surface area contributed by atoms with Crippen LogP contribution in [0.5, 0.6) is 0 Å². The molecule has 0 unspecified atom stereocenters. The van der Waals surface area contributed by atoms with Crippen molar-refractivity contribution in [3.05, 3.63) is 15.8 Å². The van der Waals surface area contributed by atoms with Gasteiger partial charge in [-0.3, -0.25) is 0 Å². The van der Waals surface area contributed by atoms with Gasteiger partial charge in [-0.05, 0) is 6.07 Å². The number of thiophene rings is 1. The largest absolute Gasteiger partial charge is 0.465 e. The number of carbonyl (C=O) groups excluding carboxylic acids is 1. The zero-order valence-corrected chi connectivity index (χ0v) is 9.77. The molecule has 0 aliphatic carbocycles. The van der Waals surface area contributed by atoms with E-state index in [1.165, 1.54) is 18.4 Å². The highest BCUT2D eigenvalue weighted by Gasteiger charge is 2.13. The molecular formula is C11H13NO2S. The summed E-state index contributed by atoms with van der Waals surface area (Å²) >= 11 is 1.26. The molecule has 80 valence electrons. The molecule has 0 bridgehead atoms. The molecular weight excluding hydrogens is 210 g/mol. The minimum Gasteiger partial charge on any atom is -0.465 e. The highest BCUT2D eigenvalue weighted by atomic mass is 32.1. The van der Waals surface area contributed by atoms with E-state index < -0.39 is 5.97 Å². The van der Waals surface area contributed by atoms with Crippen LogP contribution in [0, 0.1) is 17.8 Å². The molecule has 15 heavy (non-hydrogen) atoms. The summed E-state index contributed by atoms with van der Waals surface area (Å²) in [7, 11) is 1.33. The quantitative estimate of drug-likeness (QED) is 0.586. The lowest BCUT2D eigenvalue weighted by molar-refractivity contribution is 0.0607. The minimum absolute atomic E-state index is 0.301. The average molecular weight is 223 g/mol. The van der Waals surface area contributed by atoms with Gasteiger partial charge in [-0.25, -0.2) is 4.79 Å². The Morgan fingerprint density at radius 1 is 1.60 bits per heavy atom. The summed E-state index contributed by atoms with van der Waals surface area (Å²) in [6, 6.07) is 1.70. The Balaban J connectivity index is 2.97. The number of rotatable bonds is 1. The van der Waals surface area contributed by atoms with Crippen LogP contribution in [-0.4, -0.2) is 13.1 Å². The molecule has 0 aliphatic rings. The fourth-order valence-electron chi connectivity index (χ4n) is 0.934. The standard InChI is InChI=1S/C11H13NO2S/c1-7(2)4-5-8-6-9(12)10(15-8)11(13)14-3/h6-7H,12H2,1-3H3. The summed E-state index contributed by atoms with van der Waals surface area (Å²) in [5, 5.41) is 0. The van der Waals surface area contributed by atoms with E-state index in [1.54, 1.807) is 6.07 Å². The highest BCUT2D eigenvalue weighted by molar-refractivity contribution is 7.15. The van der Waals surface area contributed by atoms with E-state index in [9.17, 15) is 4.79 Å². The van der Waals surface area contributed by atoms with Crippen LogP contribution < -0.4 is 5.73 Å². The lowest BCUT2D eigenvalue weighted by atomic mass is 10.2. The number of hydrogen-bond acceptors (Lipinski definition) is 4. The van der Waals surface area contributed by atoms with Crippen molar-refractivity contribution in [3.8, 4) is 11.8 Å². The van der Waals surface area contributed by atoms with Gasteiger partial charge in [0, 0.05) is 5.92 Å². The van der Waals surface area contributed by atoms with Crippen LogP contribution >= 0.6 is 11.3 Å². The van der Waals surface area contributed by atoms with Gasteiger partial charge in [0.25, 0.3) is 0 Å². The summed E-state index contributed by atoms with van der Waals surface area (Å²) in [4.78, 5) is 12.5. The molecule has 0 fully saturated rings. The van der Waals surface area contributed by atoms with Gasteiger partial charge in [-0.15, -0.1) is 11.3 Å². The first-order chi connectivity index (χ1) is 7.04. The number of hydrogen-bond donors (Lipinski definition) is 1. The molecule has 0 saturated heterocycles. The summed E-state index contributed by atoms with van der Waals surface area (Å²) in [6.45, 7) is 4.01. The van der Waals surface area contributed by atoms with E-state index >= 15 is 0 Å². The number of nitrogens with two attached hydrogens (primary N) is 1. The number of methoxy groups -OCH3 is 1. The van der Waals surface area contributed by atoms with Crippen molar-refractivity contribution in [3.63, 3.8) is 0 Å². The predicted octanol–water partition coefficient (Wildman–Crippen LogP) is 2.12. The minimum atomic E-state index is -0.407. The lowest BCUT2D eigenvalue weighted by Gasteiger charge is -1.94. The predicted molar refractivity (Wildman–Crippen MR) is 61.8 cm³/mol. The van der Waals surface area contributed by atoms with E-state index in [-0.39, 0.29) is 0 Å². The van der Waals surface area contributed by atoms with Gasteiger partial charge < -0.3 is 10.5 Å². The van der Waals surface area contributed by atoms with Crippen molar-refractivity contribution in [1.82, 2.24) is 0 Å². The van der Waals surface area contributed by atoms with Crippen molar-refractivity contribution in [1.29, 1.82) is 0 Å². The van der Waals surface area contributed by atoms with E-state index in [1.807, 2.05) is 13.8 Å². The maximum atomic E-state index is 11.2. The van der Waals surface area contributed by atoms with Gasteiger partial charge >= 0.3 is 5.97 Å². The molecule has 1 heterocycles. The summed E-state index contributed by atoms with van der Waals surface area (Å²) in [5.74, 6) is 5.87. The molecule has 0 aromatic carbocycles. The summed E-state index contributed by atoms with van der Waals surface area (Å²) in [6.07, 6.45) is 0. The molecule has 0 spiro atoms. The van der Waals surface area contributed by atoms with Crippen LogP contribution in [0.15, 0.2) is 6.07 Å². The van der Waals surface area contributed by atoms with Gasteiger partial charge in [0.15, 0.2) is 0 Å². The zero-order chi connectivity index (χ0) is 11.4. The monoisotopic (exact) mass is 223 g/mol. The van der Waals surface area contributed by atoms with E-state index in [4.69, 9.17) is 5.73 Å². The van der Waals surface area contributed by atoms with Crippen molar-refractivity contribution in [2.45, 2.75) is 13.8 Å². The molecule has 0 saturated carbocycles. The maximum Gasteiger partial charge on any atom is 0.350 e. The Bertz CT molecular complexity index is 424. The third kappa shape index (κ3) is 3.00. The average Bonchev–Trinajstić information content (AvgIpc) is 2.55. The third-order valence-corrected chi connectivity index (χ3v) is 2.66. The molecule has 0 radical (unpaired) electrons. The van der Waals surface area contributed by atoms with E-state index in [0.29, 0.717) is 16.5 Å². The Morgan fingerprint density at radius 3 is 2.80 bits per heavy atom. The first kappa shape index (κ1) is 11.6. The fourth-order valence-corrected chi connectivity index (χ4v) is 1.79. The van der Waals surface area contributed by atoms with Crippen LogP contribution in [0.25, 0.3) is 0 Å². The van der Waals surface area contributed by atoms with Crippen molar-refractivity contribution < 1.29 is 9.53 Å². The Kier molecular flexibility index (Phi) is 3.75. The molecule has 3 nitrogen and oxygen atoms in total. The van der Waals surface area contributed by atoms with E-state index in [2.05, 4.69) is 16.6 Å². The van der Waals surface area contributed by atoms with Gasteiger partial charge in [-0.2, -0.15) is 0 Å². The summed E-state index contributed by atoms with van der Waals surface area (Å²) < 4.78 is 4.60. The normalized spacial score (nSPS) is 9.60. The van der Waals surface area contributed by atoms with Gasteiger partial charge in [0.05, 0.1) is 17.7 Å². The third-order valence-electron chi connectivity index (χ3n) is 1.62. The Hall–Kier alpha value is -1.47. The summed E-state index contributed by atoms with van der Waals surface area (Å²) in [5.41, 5.74) is 6.10. The first-order valence-corrected chi connectivity index (χ1v) is 5.35. The van der Waals surface area contributed by atoms with Crippen LogP contribution in [0.1, 0.15) is 28.4 Å². The lowest BCUT2D eigenvalue weighted by Crippen LogP contribution is -2.00.